The summed E-state index contributed by atoms with van der Waals surface area (Å²) in [6.07, 6.45) is -1.38. The molecule has 9 heteroatoms. The van der Waals surface area contributed by atoms with Crippen molar-refractivity contribution in [2.24, 2.45) is 11.8 Å². The average molecular weight is 400 g/mol. The Labute approximate surface area is 165 Å². The van der Waals surface area contributed by atoms with E-state index in [4.69, 9.17) is 9.47 Å². The minimum atomic E-state index is -2.31. The number of carbonyl (C=O) groups is 3. The molecule has 1 aromatic carbocycles. The Bertz CT molecular complexity index is 1050. The number of hydrogen-bond acceptors (Lipinski definition) is 7. The summed E-state index contributed by atoms with van der Waals surface area (Å²) in [5.74, 6) is -5.77. The third-order valence-electron chi connectivity index (χ3n) is 7.50. The molecule has 3 fully saturated rings. The maximum Gasteiger partial charge on any atom is 0.362 e. The number of hydrogen-bond donors (Lipinski definition) is 3. The molecule has 1 aromatic rings. The summed E-state index contributed by atoms with van der Waals surface area (Å²) < 4.78 is 11.6. The van der Waals surface area contributed by atoms with Gasteiger partial charge < -0.3 is 25.0 Å². The number of anilines is 1. The molecule has 0 radical (unpaired) electrons. The molecule has 1 aliphatic carbocycles. The predicted molar refractivity (Wildman–Crippen MR) is 94.9 cm³/mol. The van der Waals surface area contributed by atoms with Crippen molar-refractivity contribution in [3.8, 4) is 0 Å². The number of amides is 2. The average Bonchev–Trinajstić information content (AvgIpc) is 3.13. The number of rotatable bonds is 0. The van der Waals surface area contributed by atoms with Crippen molar-refractivity contribution in [2.45, 2.75) is 55.9 Å². The van der Waals surface area contributed by atoms with Crippen LogP contribution in [0.2, 0.25) is 0 Å². The quantitative estimate of drug-likeness (QED) is 0.506. The number of ether oxygens (including phenoxy) is 2. The fraction of sp³-hybridized carbons (Fsp3) is 0.550. The van der Waals surface area contributed by atoms with E-state index in [-0.39, 0.29) is 5.92 Å². The van der Waals surface area contributed by atoms with Crippen LogP contribution in [0.15, 0.2) is 18.2 Å². The van der Waals surface area contributed by atoms with Crippen LogP contribution in [-0.2, 0) is 35.9 Å². The number of nitrogens with one attached hydrogen (secondary N) is 1. The molecule has 4 heterocycles. The maximum absolute atomic E-state index is 13.4. The van der Waals surface area contributed by atoms with Crippen LogP contribution in [-0.4, -0.2) is 56.1 Å². The highest BCUT2D eigenvalue weighted by atomic mass is 16.7. The summed E-state index contributed by atoms with van der Waals surface area (Å²) in [6.45, 7) is 4.71. The van der Waals surface area contributed by atoms with Crippen molar-refractivity contribution < 1.29 is 34.1 Å². The zero-order chi connectivity index (χ0) is 20.7. The second-order valence-electron chi connectivity index (χ2n) is 9.29. The van der Waals surface area contributed by atoms with Gasteiger partial charge in [0.05, 0.1) is 5.92 Å². The zero-order valence-electron chi connectivity index (χ0n) is 16.1. The first kappa shape index (κ1) is 17.4. The van der Waals surface area contributed by atoms with Crippen LogP contribution in [0.3, 0.4) is 0 Å². The lowest BCUT2D eigenvalue weighted by molar-refractivity contribution is -0.338. The topological polar surface area (TPSA) is 125 Å². The van der Waals surface area contributed by atoms with Crippen molar-refractivity contribution in [3.63, 3.8) is 0 Å². The molecule has 6 atom stereocenters. The fourth-order valence-corrected chi connectivity index (χ4v) is 6.43. The van der Waals surface area contributed by atoms with E-state index in [0.717, 1.165) is 12.5 Å². The SMILES string of the molecule is CC1(C)[C@H]2Cc3cccc4c3[C@]3(OC(=O)[C@]5(O[C@@](C)(O)[C@@H](O)C(=O)N15)[C@@H]23)C(=O)N4. The Morgan fingerprint density at radius 3 is 2.66 bits per heavy atom. The van der Waals surface area contributed by atoms with Crippen molar-refractivity contribution >= 4 is 23.5 Å². The van der Waals surface area contributed by atoms with E-state index in [1.165, 1.54) is 4.90 Å². The lowest BCUT2D eigenvalue weighted by Crippen LogP contribution is -2.73. The molecule has 2 amide bonds. The Kier molecular flexibility index (Phi) is 2.68. The Morgan fingerprint density at radius 1 is 1.21 bits per heavy atom. The number of esters is 1. The lowest BCUT2D eigenvalue weighted by atomic mass is 9.62. The predicted octanol–water partition coefficient (Wildman–Crippen LogP) is -0.404. The van der Waals surface area contributed by atoms with Crippen LogP contribution in [0.25, 0.3) is 0 Å². The first-order valence-corrected chi connectivity index (χ1v) is 9.61. The van der Waals surface area contributed by atoms with Crippen LogP contribution in [0.5, 0.6) is 0 Å². The van der Waals surface area contributed by atoms with E-state index in [0.29, 0.717) is 17.7 Å². The van der Waals surface area contributed by atoms with Gasteiger partial charge in [0.2, 0.25) is 11.4 Å². The summed E-state index contributed by atoms with van der Waals surface area (Å²) >= 11 is 0. The van der Waals surface area contributed by atoms with Gasteiger partial charge in [-0.1, -0.05) is 12.1 Å². The second-order valence-corrected chi connectivity index (χ2v) is 9.29. The van der Waals surface area contributed by atoms with Gasteiger partial charge in [-0.25, -0.2) is 4.79 Å². The summed E-state index contributed by atoms with van der Waals surface area (Å²) in [7, 11) is 0. The first-order chi connectivity index (χ1) is 13.5. The second kappa shape index (κ2) is 4.48. The van der Waals surface area contributed by atoms with Crippen LogP contribution in [0.1, 0.15) is 31.9 Å². The van der Waals surface area contributed by atoms with E-state index < -0.39 is 52.5 Å². The van der Waals surface area contributed by atoms with E-state index >= 15 is 0 Å². The minimum absolute atomic E-state index is 0.384. The highest BCUT2D eigenvalue weighted by molar-refractivity contribution is 6.10. The molecule has 0 bridgehead atoms. The van der Waals surface area contributed by atoms with Crippen molar-refractivity contribution in [3.05, 3.63) is 29.3 Å². The van der Waals surface area contributed by atoms with E-state index in [1.54, 1.807) is 19.9 Å². The molecule has 9 nitrogen and oxygen atoms in total. The molecule has 3 N–H and O–H groups in total. The standard InChI is InChI=1S/C20H20N2O7/c1-17(2)9-7-8-5-4-6-10-11(8)19(15(25)21-10)12(9)20(16(26)28-19)22(17)14(24)13(23)18(3,27)29-20/h4-6,9,12-13,23,27H,7H2,1-3H3,(H,21,25)/t9-,12-,13-,18+,19+,20+/m0/s1. The third-order valence-corrected chi connectivity index (χ3v) is 7.50. The maximum atomic E-state index is 13.4. The number of aliphatic hydroxyl groups is 2. The Balaban J connectivity index is 1.70. The van der Waals surface area contributed by atoms with Gasteiger partial charge in [0.25, 0.3) is 17.5 Å². The van der Waals surface area contributed by atoms with Gasteiger partial charge in [-0.15, -0.1) is 0 Å². The molecule has 0 saturated carbocycles. The van der Waals surface area contributed by atoms with Gasteiger partial charge in [-0.05, 0) is 44.7 Å². The van der Waals surface area contributed by atoms with Crippen LogP contribution >= 0.6 is 0 Å². The summed E-state index contributed by atoms with van der Waals surface area (Å²) in [5.41, 5.74) is -2.56. The summed E-state index contributed by atoms with van der Waals surface area (Å²) in [6, 6.07) is 5.46. The molecule has 0 unspecified atom stereocenters. The molecule has 3 saturated heterocycles. The molecule has 0 aromatic heterocycles. The van der Waals surface area contributed by atoms with Crippen LogP contribution in [0, 0.1) is 11.8 Å². The molecular formula is C20H20N2O7. The van der Waals surface area contributed by atoms with Crippen LogP contribution < -0.4 is 5.32 Å². The van der Waals surface area contributed by atoms with Crippen molar-refractivity contribution in [2.75, 3.05) is 5.32 Å². The molecular weight excluding hydrogens is 380 g/mol. The summed E-state index contributed by atoms with van der Waals surface area (Å²) in [4.78, 5) is 41.1. The van der Waals surface area contributed by atoms with Crippen LogP contribution in [0.4, 0.5) is 5.69 Å². The minimum Gasteiger partial charge on any atom is -0.440 e. The van der Waals surface area contributed by atoms with Gasteiger partial charge >= 0.3 is 5.97 Å². The van der Waals surface area contributed by atoms with Crippen molar-refractivity contribution in [1.29, 1.82) is 0 Å². The molecule has 152 valence electrons. The molecule has 4 aliphatic heterocycles. The van der Waals surface area contributed by atoms with Gasteiger partial charge in [0, 0.05) is 16.8 Å². The van der Waals surface area contributed by atoms with Gasteiger partial charge in [0.15, 0.2) is 6.10 Å². The molecule has 2 spiro atoms. The molecule has 29 heavy (non-hydrogen) atoms. The van der Waals surface area contributed by atoms with Gasteiger partial charge in [-0.3, -0.25) is 14.5 Å². The Morgan fingerprint density at radius 2 is 1.93 bits per heavy atom. The highest BCUT2D eigenvalue weighted by Crippen LogP contribution is 2.69. The number of benzene rings is 1. The zero-order valence-corrected chi connectivity index (χ0v) is 16.1. The molecule has 6 rings (SSSR count). The monoisotopic (exact) mass is 400 g/mol. The third kappa shape index (κ3) is 1.51. The van der Waals surface area contributed by atoms with Gasteiger partial charge in [0.1, 0.15) is 0 Å². The van der Waals surface area contributed by atoms with Crippen molar-refractivity contribution in [1.82, 2.24) is 4.90 Å². The Hall–Kier alpha value is -2.49. The number of carbonyl (C=O) groups excluding carboxylic acids is 3. The first-order valence-electron chi connectivity index (χ1n) is 9.61. The lowest BCUT2D eigenvalue weighted by Gasteiger charge is -2.50. The van der Waals surface area contributed by atoms with Gasteiger partial charge in [-0.2, -0.15) is 0 Å². The smallest absolute Gasteiger partial charge is 0.362 e. The van der Waals surface area contributed by atoms with E-state index in [9.17, 15) is 24.6 Å². The largest absolute Gasteiger partial charge is 0.440 e. The normalized spacial score (nSPS) is 45.5. The molecule has 5 aliphatic rings. The number of aliphatic hydroxyl groups excluding tert-OH is 1. The number of nitrogens with zero attached hydrogens (tertiary/aromatic N) is 1. The van der Waals surface area contributed by atoms with E-state index in [1.807, 2.05) is 12.1 Å². The van der Waals surface area contributed by atoms with E-state index in [2.05, 4.69) is 5.32 Å². The fourth-order valence-electron chi connectivity index (χ4n) is 6.43. The highest BCUT2D eigenvalue weighted by Gasteiger charge is 2.86. The summed E-state index contributed by atoms with van der Waals surface area (Å²) in [5, 5.41) is 23.8.